The van der Waals surface area contributed by atoms with Gasteiger partial charge in [-0.3, -0.25) is 4.90 Å². The number of piperidine rings is 1. The highest BCUT2D eigenvalue weighted by Crippen LogP contribution is 2.49. The minimum absolute atomic E-state index is 0.00997. The average molecular weight is 566 g/mol. The van der Waals surface area contributed by atoms with Crippen molar-refractivity contribution in [3.63, 3.8) is 0 Å². The molecule has 224 valence electrons. The number of ether oxygens (including phenoxy) is 4. The molecule has 1 saturated heterocycles. The normalized spacial score (nSPS) is 23.8. The highest BCUT2D eigenvalue weighted by molar-refractivity contribution is 5.75. The Labute approximate surface area is 245 Å². The van der Waals surface area contributed by atoms with Gasteiger partial charge in [-0.15, -0.1) is 0 Å². The molecule has 1 N–H and O–H groups in total. The molecular weight excluding hydrogens is 518 g/mol. The predicted octanol–water partition coefficient (Wildman–Crippen LogP) is 5.77. The zero-order chi connectivity index (χ0) is 29.3. The molecule has 0 radical (unpaired) electrons. The van der Waals surface area contributed by atoms with Crippen molar-refractivity contribution in [2.45, 2.75) is 71.0 Å². The van der Waals surface area contributed by atoms with Gasteiger partial charge < -0.3 is 29.2 Å². The highest BCUT2D eigenvalue weighted by Gasteiger charge is 2.42. The van der Waals surface area contributed by atoms with E-state index in [1.165, 1.54) is 22.3 Å². The maximum absolute atomic E-state index is 13.5. The number of benzene rings is 2. The van der Waals surface area contributed by atoms with Gasteiger partial charge in [-0.05, 0) is 97.9 Å². The second-order valence-corrected chi connectivity index (χ2v) is 12.0. The van der Waals surface area contributed by atoms with Crippen LogP contribution in [0.1, 0.15) is 74.4 Å². The summed E-state index contributed by atoms with van der Waals surface area (Å²) in [5.74, 6) is 4.07. The molecule has 3 heterocycles. The Morgan fingerprint density at radius 1 is 0.854 bits per heavy atom. The van der Waals surface area contributed by atoms with Gasteiger partial charge >= 0.3 is 6.03 Å². The molecule has 4 atom stereocenters. The fourth-order valence-electron chi connectivity index (χ4n) is 7.40. The van der Waals surface area contributed by atoms with E-state index in [4.69, 9.17) is 18.9 Å². The number of urea groups is 1. The van der Waals surface area contributed by atoms with Gasteiger partial charge in [0, 0.05) is 31.7 Å². The summed E-state index contributed by atoms with van der Waals surface area (Å²) >= 11 is 0. The summed E-state index contributed by atoms with van der Waals surface area (Å²) in [6.45, 7) is 9.17. The van der Waals surface area contributed by atoms with E-state index in [2.05, 4.69) is 46.3 Å². The van der Waals surface area contributed by atoms with E-state index in [9.17, 15) is 4.79 Å². The second-order valence-electron chi connectivity index (χ2n) is 12.0. The Hall–Kier alpha value is -3.13. The van der Waals surface area contributed by atoms with Crippen LogP contribution in [0.25, 0.3) is 0 Å². The number of amides is 2. The van der Waals surface area contributed by atoms with Gasteiger partial charge in [0.05, 0.1) is 34.5 Å². The lowest BCUT2D eigenvalue weighted by Crippen LogP contribution is -2.50. The number of nitrogens with one attached hydrogen (secondary N) is 1. The Bertz CT molecular complexity index is 1250. The third kappa shape index (κ3) is 5.68. The van der Waals surface area contributed by atoms with Crippen LogP contribution in [-0.4, -0.2) is 69.9 Å². The quantitative estimate of drug-likeness (QED) is 0.438. The van der Waals surface area contributed by atoms with Gasteiger partial charge in [0.2, 0.25) is 0 Å². The van der Waals surface area contributed by atoms with Crippen LogP contribution in [0.3, 0.4) is 0 Å². The Morgan fingerprint density at radius 3 is 2.00 bits per heavy atom. The minimum Gasteiger partial charge on any atom is -0.493 e. The summed E-state index contributed by atoms with van der Waals surface area (Å²) < 4.78 is 22.7. The summed E-state index contributed by atoms with van der Waals surface area (Å²) in [7, 11) is 6.77. The van der Waals surface area contributed by atoms with Gasteiger partial charge in [-0.2, -0.15) is 0 Å². The molecule has 1 fully saturated rings. The van der Waals surface area contributed by atoms with Crippen LogP contribution >= 0.6 is 0 Å². The lowest BCUT2D eigenvalue weighted by molar-refractivity contribution is 0.0350. The van der Waals surface area contributed by atoms with Crippen LogP contribution in [0.5, 0.6) is 23.0 Å². The second kappa shape index (κ2) is 12.4. The van der Waals surface area contributed by atoms with E-state index in [-0.39, 0.29) is 18.1 Å². The topological polar surface area (TPSA) is 72.5 Å². The number of carbonyl (C=O) groups excluding carboxylic acids is 1. The molecule has 0 bridgehead atoms. The molecule has 5 rings (SSSR count). The van der Waals surface area contributed by atoms with E-state index in [1.54, 1.807) is 28.4 Å². The summed E-state index contributed by atoms with van der Waals surface area (Å²) in [5.41, 5.74) is 5.14. The van der Waals surface area contributed by atoms with Crippen molar-refractivity contribution in [1.82, 2.24) is 15.1 Å². The Balaban J connectivity index is 1.51. The number of hydrogen-bond acceptors (Lipinski definition) is 6. The summed E-state index contributed by atoms with van der Waals surface area (Å²) in [5, 5.41) is 3.17. The monoisotopic (exact) mass is 565 g/mol. The summed E-state index contributed by atoms with van der Waals surface area (Å²) in [6.07, 6.45) is 4.91. The maximum Gasteiger partial charge on any atom is 0.318 e. The van der Waals surface area contributed by atoms with E-state index < -0.39 is 0 Å². The molecule has 0 spiro atoms. The summed E-state index contributed by atoms with van der Waals surface area (Å²) in [6, 6.07) is 8.97. The molecule has 41 heavy (non-hydrogen) atoms. The lowest BCUT2D eigenvalue weighted by atomic mass is 9.72. The SMILES string of the molecule is CC[C@H]1CN2CCc3cc(OC)c(OC)cc3[C@@H]2C[C@@H]1C[C@@H]1c2cc(OC)c(OC)cc2CCN1C(=O)NC(C)C. The molecule has 0 aromatic heterocycles. The van der Waals surface area contributed by atoms with Crippen LogP contribution < -0.4 is 24.3 Å². The standard InChI is InChI=1S/C33H47N3O5/c1-8-21-19-35-11-9-22-15-29(38-4)31(40-6)17-25(22)27(35)13-24(21)14-28-26-18-32(41-7)30(39-5)16-23(26)10-12-36(28)33(37)34-20(2)3/h15-18,20-21,24,27-28H,8-14,19H2,1-7H3,(H,34,37)/t21-,24+,27-,28+/m0/s1. The van der Waals surface area contributed by atoms with Crippen molar-refractivity contribution >= 4 is 6.03 Å². The Kier molecular flexibility index (Phi) is 8.88. The first-order valence-corrected chi connectivity index (χ1v) is 15.1. The smallest absolute Gasteiger partial charge is 0.318 e. The largest absolute Gasteiger partial charge is 0.493 e. The number of fused-ring (bicyclic) bond motifs is 4. The molecule has 0 unspecified atom stereocenters. The van der Waals surface area contributed by atoms with Gasteiger partial charge in [-0.1, -0.05) is 13.3 Å². The number of nitrogens with zero attached hydrogens (tertiary/aromatic N) is 2. The van der Waals surface area contributed by atoms with Crippen LogP contribution in [0.15, 0.2) is 24.3 Å². The third-order valence-electron chi connectivity index (χ3n) is 9.50. The predicted molar refractivity (Wildman–Crippen MR) is 160 cm³/mol. The van der Waals surface area contributed by atoms with Gasteiger partial charge in [-0.25, -0.2) is 4.79 Å². The molecule has 8 heteroatoms. The first-order chi connectivity index (χ1) is 19.8. The molecule has 2 aromatic rings. The van der Waals surface area contributed by atoms with E-state index in [1.807, 2.05) is 13.8 Å². The molecule has 2 aromatic carbocycles. The van der Waals surface area contributed by atoms with Crippen molar-refractivity contribution in [2.75, 3.05) is 48.1 Å². The Morgan fingerprint density at radius 2 is 1.41 bits per heavy atom. The number of rotatable bonds is 8. The molecule has 8 nitrogen and oxygen atoms in total. The van der Waals surface area contributed by atoms with Gasteiger partial charge in [0.25, 0.3) is 0 Å². The highest BCUT2D eigenvalue weighted by atomic mass is 16.5. The van der Waals surface area contributed by atoms with Crippen molar-refractivity contribution in [3.8, 4) is 23.0 Å². The van der Waals surface area contributed by atoms with E-state index in [0.717, 1.165) is 62.4 Å². The van der Waals surface area contributed by atoms with Crippen LogP contribution in [0.4, 0.5) is 4.79 Å². The maximum atomic E-state index is 13.5. The first-order valence-electron chi connectivity index (χ1n) is 15.1. The average Bonchev–Trinajstić information content (AvgIpc) is 2.98. The first kappa shape index (κ1) is 29.4. The van der Waals surface area contributed by atoms with Crippen LogP contribution in [-0.2, 0) is 12.8 Å². The van der Waals surface area contributed by atoms with Crippen molar-refractivity contribution in [3.05, 3.63) is 46.5 Å². The third-order valence-corrected chi connectivity index (χ3v) is 9.50. The lowest BCUT2D eigenvalue weighted by Gasteiger charge is -2.49. The van der Waals surface area contributed by atoms with E-state index in [0.29, 0.717) is 30.2 Å². The van der Waals surface area contributed by atoms with Gasteiger partial charge in [0.1, 0.15) is 0 Å². The molecule has 3 aliphatic rings. The van der Waals surface area contributed by atoms with Crippen molar-refractivity contribution in [1.29, 1.82) is 0 Å². The van der Waals surface area contributed by atoms with Crippen LogP contribution in [0.2, 0.25) is 0 Å². The molecular formula is C33H47N3O5. The van der Waals surface area contributed by atoms with E-state index >= 15 is 0 Å². The number of hydrogen-bond donors (Lipinski definition) is 1. The fraction of sp³-hybridized carbons (Fsp3) is 0.606. The zero-order valence-corrected chi connectivity index (χ0v) is 25.8. The molecule has 3 aliphatic heterocycles. The number of methoxy groups -OCH3 is 4. The molecule has 0 aliphatic carbocycles. The van der Waals surface area contributed by atoms with Gasteiger partial charge in [0.15, 0.2) is 23.0 Å². The fourth-order valence-corrected chi connectivity index (χ4v) is 7.40. The minimum atomic E-state index is -0.0311. The summed E-state index contributed by atoms with van der Waals surface area (Å²) in [4.78, 5) is 18.3. The molecule has 0 saturated carbocycles. The van der Waals surface area contributed by atoms with Crippen molar-refractivity contribution < 1.29 is 23.7 Å². The van der Waals surface area contributed by atoms with Crippen LogP contribution in [0, 0.1) is 11.8 Å². The van der Waals surface area contributed by atoms with Crippen molar-refractivity contribution in [2.24, 2.45) is 11.8 Å². The zero-order valence-electron chi connectivity index (χ0n) is 25.8. The molecule has 2 amide bonds. The number of carbonyl (C=O) groups is 1.